The van der Waals surface area contributed by atoms with E-state index in [2.05, 4.69) is 0 Å². The van der Waals surface area contributed by atoms with E-state index in [1.165, 1.54) is 12.1 Å². The Morgan fingerprint density at radius 2 is 2.18 bits per heavy atom. The topological polar surface area (TPSA) is 72.2 Å². The molecule has 5 nitrogen and oxygen atoms in total. The van der Waals surface area contributed by atoms with Gasteiger partial charge in [-0.3, -0.25) is 14.9 Å². The summed E-state index contributed by atoms with van der Waals surface area (Å²) in [7, 11) is 0. The smallest absolute Gasteiger partial charge is 0.288 e. The molecule has 1 N–H and O–H groups in total. The van der Waals surface area contributed by atoms with Gasteiger partial charge in [0.25, 0.3) is 18.0 Å². The van der Waals surface area contributed by atoms with Crippen LogP contribution in [-0.4, -0.2) is 23.8 Å². The second-order valence-electron chi connectivity index (χ2n) is 3.00. The van der Waals surface area contributed by atoms with Crippen molar-refractivity contribution in [3.63, 3.8) is 0 Å². The van der Waals surface area contributed by atoms with Crippen LogP contribution in [0.4, 0.5) is 14.5 Å². The van der Waals surface area contributed by atoms with E-state index in [0.717, 1.165) is 6.07 Å². The zero-order valence-corrected chi connectivity index (χ0v) is 9.08. The second kappa shape index (κ2) is 5.53. The molecule has 0 unspecified atom stereocenters. The minimum Gasteiger partial charge on any atom is -0.346 e. The summed E-state index contributed by atoms with van der Waals surface area (Å²) in [6.45, 7) is -0.835. The molecule has 1 aromatic rings. The maximum atomic E-state index is 11.9. The first-order chi connectivity index (χ1) is 7.93. The quantitative estimate of drug-likeness (QED) is 0.669. The first kappa shape index (κ1) is 13.3. The molecule has 0 heterocycles. The minimum atomic E-state index is -2.70. The Labute approximate surface area is 99.5 Å². The monoisotopic (exact) mass is 264 g/mol. The summed E-state index contributed by atoms with van der Waals surface area (Å²) in [6.07, 6.45) is -2.70. The van der Waals surface area contributed by atoms with Gasteiger partial charge >= 0.3 is 0 Å². The predicted molar refractivity (Wildman–Crippen MR) is 56.4 cm³/mol. The van der Waals surface area contributed by atoms with Crippen LogP contribution >= 0.6 is 11.6 Å². The summed E-state index contributed by atoms with van der Waals surface area (Å²) in [6, 6.07) is 3.59. The highest BCUT2D eigenvalue weighted by atomic mass is 35.5. The van der Waals surface area contributed by atoms with Crippen molar-refractivity contribution in [2.45, 2.75) is 6.43 Å². The molecule has 0 atom stereocenters. The van der Waals surface area contributed by atoms with Crippen molar-refractivity contribution >= 4 is 23.2 Å². The maximum absolute atomic E-state index is 11.9. The van der Waals surface area contributed by atoms with Crippen LogP contribution in [0.5, 0.6) is 0 Å². The van der Waals surface area contributed by atoms with Gasteiger partial charge in [-0.2, -0.15) is 0 Å². The molecule has 92 valence electrons. The Morgan fingerprint density at radius 1 is 1.53 bits per heavy atom. The number of benzene rings is 1. The molecule has 8 heteroatoms. The lowest BCUT2D eigenvalue weighted by atomic mass is 10.2. The van der Waals surface area contributed by atoms with Gasteiger partial charge in [0, 0.05) is 6.07 Å². The first-order valence-corrected chi connectivity index (χ1v) is 4.80. The summed E-state index contributed by atoms with van der Waals surface area (Å²) in [5.41, 5.74) is -0.655. The van der Waals surface area contributed by atoms with E-state index < -0.39 is 29.5 Å². The molecule has 1 rings (SSSR count). The van der Waals surface area contributed by atoms with Gasteiger partial charge in [0.05, 0.1) is 17.0 Å². The number of nitrogens with one attached hydrogen (secondary N) is 1. The van der Waals surface area contributed by atoms with Gasteiger partial charge in [0.15, 0.2) is 0 Å². The van der Waals surface area contributed by atoms with Crippen molar-refractivity contribution in [3.8, 4) is 0 Å². The van der Waals surface area contributed by atoms with Gasteiger partial charge in [-0.15, -0.1) is 0 Å². The SMILES string of the molecule is O=C(NCC(F)F)c1cccc([N+](=O)[O-])c1Cl. The molecule has 1 amide bonds. The summed E-state index contributed by atoms with van der Waals surface area (Å²) in [4.78, 5) is 21.2. The molecule has 0 aromatic heterocycles. The highest BCUT2D eigenvalue weighted by Crippen LogP contribution is 2.27. The third-order valence-electron chi connectivity index (χ3n) is 1.84. The molecule has 0 saturated carbocycles. The van der Waals surface area contributed by atoms with Crippen molar-refractivity contribution in [2.75, 3.05) is 6.54 Å². The number of amides is 1. The van der Waals surface area contributed by atoms with Crippen LogP contribution in [0, 0.1) is 10.1 Å². The maximum Gasteiger partial charge on any atom is 0.288 e. The number of hydrogen-bond donors (Lipinski definition) is 1. The van der Waals surface area contributed by atoms with Crippen LogP contribution in [0.25, 0.3) is 0 Å². The Kier molecular flexibility index (Phi) is 4.33. The molecule has 0 aliphatic rings. The molecule has 17 heavy (non-hydrogen) atoms. The standard InChI is InChI=1S/C9H7ClF2N2O3/c10-8-5(9(15)13-4-7(11)12)2-1-3-6(8)14(16)17/h1-3,7H,4H2,(H,13,15). The molecule has 0 aliphatic carbocycles. The van der Waals surface area contributed by atoms with Crippen molar-refractivity contribution in [1.29, 1.82) is 0 Å². The Bertz CT molecular complexity index is 454. The highest BCUT2D eigenvalue weighted by Gasteiger charge is 2.20. The number of halogens is 3. The van der Waals surface area contributed by atoms with E-state index in [1.54, 1.807) is 0 Å². The number of carbonyl (C=O) groups excluding carboxylic acids is 1. The van der Waals surface area contributed by atoms with Crippen LogP contribution in [-0.2, 0) is 0 Å². The number of nitro benzene ring substituents is 1. The fourth-order valence-electron chi connectivity index (χ4n) is 1.10. The number of alkyl halides is 2. The highest BCUT2D eigenvalue weighted by molar-refractivity contribution is 6.35. The minimum absolute atomic E-state index is 0.207. The molecular formula is C9H7ClF2N2O3. The number of carbonyl (C=O) groups is 1. The van der Waals surface area contributed by atoms with E-state index in [4.69, 9.17) is 11.6 Å². The summed E-state index contributed by atoms with van der Waals surface area (Å²) in [5, 5.41) is 12.1. The normalized spacial score (nSPS) is 10.4. The van der Waals surface area contributed by atoms with E-state index in [-0.39, 0.29) is 10.6 Å². The fourth-order valence-corrected chi connectivity index (χ4v) is 1.38. The lowest BCUT2D eigenvalue weighted by molar-refractivity contribution is -0.384. The molecule has 0 aliphatic heterocycles. The van der Waals surface area contributed by atoms with E-state index in [0.29, 0.717) is 0 Å². The van der Waals surface area contributed by atoms with Crippen LogP contribution < -0.4 is 5.32 Å². The molecule has 0 fully saturated rings. The van der Waals surface area contributed by atoms with Crippen molar-refractivity contribution in [1.82, 2.24) is 5.32 Å². The van der Waals surface area contributed by atoms with Crippen LogP contribution in [0.15, 0.2) is 18.2 Å². The molecule has 0 radical (unpaired) electrons. The third kappa shape index (κ3) is 3.35. The van der Waals surface area contributed by atoms with E-state index in [1.807, 2.05) is 5.32 Å². The molecule has 0 saturated heterocycles. The van der Waals surface area contributed by atoms with Gasteiger partial charge in [0.2, 0.25) is 0 Å². The second-order valence-corrected chi connectivity index (χ2v) is 3.37. The van der Waals surface area contributed by atoms with Crippen LogP contribution in [0.1, 0.15) is 10.4 Å². The molecular weight excluding hydrogens is 258 g/mol. The average Bonchev–Trinajstić information content (AvgIpc) is 2.25. The number of rotatable bonds is 4. The van der Waals surface area contributed by atoms with E-state index in [9.17, 15) is 23.7 Å². The summed E-state index contributed by atoms with van der Waals surface area (Å²) < 4.78 is 23.7. The third-order valence-corrected chi connectivity index (χ3v) is 2.23. The van der Waals surface area contributed by atoms with Crippen molar-refractivity contribution in [3.05, 3.63) is 38.9 Å². The Balaban J connectivity index is 2.95. The Morgan fingerprint density at radius 3 is 2.71 bits per heavy atom. The van der Waals surface area contributed by atoms with E-state index >= 15 is 0 Å². The number of hydrogen-bond acceptors (Lipinski definition) is 3. The zero-order chi connectivity index (χ0) is 13.0. The van der Waals surface area contributed by atoms with Crippen LogP contribution in [0.3, 0.4) is 0 Å². The Hall–Kier alpha value is -1.76. The van der Waals surface area contributed by atoms with Gasteiger partial charge in [-0.1, -0.05) is 17.7 Å². The summed E-state index contributed by atoms with van der Waals surface area (Å²) >= 11 is 5.62. The average molecular weight is 265 g/mol. The summed E-state index contributed by atoms with van der Waals surface area (Å²) in [5.74, 6) is -0.876. The number of nitrogens with zero attached hydrogens (tertiary/aromatic N) is 1. The van der Waals surface area contributed by atoms with Gasteiger partial charge in [-0.25, -0.2) is 8.78 Å². The zero-order valence-electron chi connectivity index (χ0n) is 8.32. The van der Waals surface area contributed by atoms with Crippen LogP contribution in [0.2, 0.25) is 5.02 Å². The largest absolute Gasteiger partial charge is 0.346 e. The van der Waals surface area contributed by atoms with Gasteiger partial charge in [-0.05, 0) is 6.07 Å². The molecule has 0 spiro atoms. The lowest BCUT2D eigenvalue weighted by Gasteiger charge is -2.06. The first-order valence-electron chi connectivity index (χ1n) is 4.42. The van der Waals surface area contributed by atoms with Crippen molar-refractivity contribution in [2.24, 2.45) is 0 Å². The van der Waals surface area contributed by atoms with Crippen molar-refractivity contribution < 1.29 is 18.5 Å². The lowest BCUT2D eigenvalue weighted by Crippen LogP contribution is -2.28. The van der Waals surface area contributed by atoms with Gasteiger partial charge in [0.1, 0.15) is 5.02 Å². The fraction of sp³-hybridized carbons (Fsp3) is 0.222. The molecule has 1 aromatic carbocycles. The predicted octanol–water partition coefficient (Wildman–Crippen LogP) is 2.24. The number of nitro groups is 1. The van der Waals surface area contributed by atoms with Gasteiger partial charge < -0.3 is 5.32 Å². The molecule has 0 bridgehead atoms.